The monoisotopic (exact) mass is 420 g/mol. The van der Waals surface area contributed by atoms with Crippen molar-refractivity contribution in [2.45, 2.75) is 45.2 Å². The summed E-state index contributed by atoms with van der Waals surface area (Å²) in [6.07, 6.45) is 2.98. The zero-order valence-electron chi connectivity index (χ0n) is 17.5. The molecule has 160 valence electrons. The quantitative estimate of drug-likeness (QED) is 0.559. The molecule has 7 nitrogen and oxygen atoms in total. The number of amides is 3. The second-order valence-electron chi connectivity index (χ2n) is 8.04. The molecule has 0 N–H and O–H groups in total. The number of ether oxygens (including phenoxy) is 1. The fourth-order valence-corrected chi connectivity index (χ4v) is 4.37. The molecule has 0 unspecified atom stereocenters. The number of piperidine rings is 1. The van der Waals surface area contributed by atoms with Gasteiger partial charge in [-0.1, -0.05) is 12.1 Å². The lowest BCUT2D eigenvalue weighted by molar-refractivity contribution is -0.140. The Hall–Kier alpha value is -3.48. The lowest BCUT2D eigenvalue weighted by Crippen LogP contribution is -2.49. The van der Waals surface area contributed by atoms with Crippen LogP contribution in [0.15, 0.2) is 48.5 Å². The van der Waals surface area contributed by atoms with E-state index < -0.39 is 17.8 Å². The zero-order chi connectivity index (χ0) is 22.1. The fourth-order valence-electron chi connectivity index (χ4n) is 4.37. The third kappa shape index (κ3) is 3.83. The van der Waals surface area contributed by atoms with E-state index in [0.717, 1.165) is 24.2 Å². The summed E-state index contributed by atoms with van der Waals surface area (Å²) in [7, 11) is 0. The van der Waals surface area contributed by atoms with Crippen molar-refractivity contribution < 1.29 is 23.9 Å². The lowest BCUT2D eigenvalue weighted by atomic mass is 9.97. The van der Waals surface area contributed by atoms with Crippen LogP contribution in [0.4, 0.5) is 5.69 Å². The molecule has 2 heterocycles. The Balaban J connectivity index is 1.41. The molecule has 2 atom stereocenters. The third-order valence-corrected chi connectivity index (χ3v) is 5.96. The topological polar surface area (TPSA) is 84.0 Å². The third-order valence-electron chi connectivity index (χ3n) is 5.96. The molecule has 0 spiro atoms. The maximum absolute atomic E-state index is 12.6. The molecule has 0 saturated carbocycles. The number of nitrogens with zero attached hydrogens (tertiary/aromatic N) is 2. The molecule has 31 heavy (non-hydrogen) atoms. The standard InChI is InChI=1S/C24H24N2O5/c1-15-6-5-7-16(2)25(15)21(27)14-31-24(30)17-10-12-18(13-11-17)26-22(28)19-8-3-4-9-20(19)23(26)29/h3-4,8-13,15-16H,5-7,14H2,1-2H3/t15-,16+. The summed E-state index contributed by atoms with van der Waals surface area (Å²) >= 11 is 0. The summed E-state index contributed by atoms with van der Waals surface area (Å²) < 4.78 is 5.22. The van der Waals surface area contributed by atoms with Gasteiger partial charge in [-0.25, -0.2) is 9.69 Å². The largest absolute Gasteiger partial charge is 0.452 e. The van der Waals surface area contributed by atoms with Gasteiger partial charge in [0.05, 0.1) is 22.4 Å². The van der Waals surface area contributed by atoms with Gasteiger partial charge in [0.2, 0.25) is 0 Å². The number of hydrogen-bond acceptors (Lipinski definition) is 5. The summed E-state index contributed by atoms with van der Waals surface area (Å²) in [5, 5.41) is 0. The number of carbonyl (C=O) groups excluding carboxylic acids is 4. The highest BCUT2D eigenvalue weighted by Gasteiger charge is 2.36. The van der Waals surface area contributed by atoms with E-state index in [-0.39, 0.29) is 30.2 Å². The van der Waals surface area contributed by atoms with Crippen molar-refractivity contribution in [1.82, 2.24) is 4.90 Å². The Labute approximate surface area is 180 Å². The molecule has 3 amide bonds. The number of likely N-dealkylation sites (tertiary alicyclic amines) is 1. The summed E-state index contributed by atoms with van der Waals surface area (Å²) in [6, 6.07) is 12.9. The predicted molar refractivity (Wildman–Crippen MR) is 114 cm³/mol. The Bertz CT molecular complexity index is 1000. The molecule has 2 aromatic rings. The van der Waals surface area contributed by atoms with Crippen LogP contribution >= 0.6 is 0 Å². The van der Waals surface area contributed by atoms with E-state index in [1.54, 1.807) is 29.2 Å². The van der Waals surface area contributed by atoms with Gasteiger partial charge < -0.3 is 9.64 Å². The number of carbonyl (C=O) groups is 4. The molecule has 2 aromatic carbocycles. The van der Waals surface area contributed by atoms with Crippen LogP contribution in [0.2, 0.25) is 0 Å². The first kappa shape index (κ1) is 20.8. The minimum Gasteiger partial charge on any atom is -0.452 e. The second kappa shape index (κ2) is 8.34. The van der Waals surface area contributed by atoms with E-state index in [9.17, 15) is 19.2 Å². The van der Waals surface area contributed by atoms with E-state index in [2.05, 4.69) is 0 Å². The molecule has 0 radical (unpaired) electrons. The van der Waals surface area contributed by atoms with E-state index >= 15 is 0 Å². The summed E-state index contributed by atoms with van der Waals surface area (Å²) in [5.41, 5.74) is 1.33. The van der Waals surface area contributed by atoms with Gasteiger partial charge in [-0.05, 0) is 69.5 Å². The Morgan fingerprint density at radius 1 is 0.903 bits per heavy atom. The van der Waals surface area contributed by atoms with Crippen LogP contribution in [-0.4, -0.2) is 47.3 Å². The predicted octanol–water partition coefficient (Wildman–Crippen LogP) is 3.43. The molecule has 2 aliphatic rings. The molecule has 4 rings (SSSR count). The van der Waals surface area contributed by atoms with Gasteiger partial charge in [0.25, 0.3) is 17.7 Å². The minimum atomic E-state index is -0.625. The number of imide groups is 1. The van der Waals surface area contributed by atoms with Crippen molar-refractivity contribution in [3.63, 3.8) is 0 Å². The SMILES string of the molecule is C[C@@H]1CCC[C@H](C)N1C(=O)COC(=O)c1ccc(N2C(=O)c3ccccc3C2=O)cc1. The van der Waals surface area contributed by atoms with Gasteiger partial charge in [-0.3, -0.25) is 14.4 Å². The van der Waals surface area contributed by atoms with Crippen LogP contribution in [-0.2, 0) is 9.53 Å². The molecule has 0 aliphatic carbocycles. The smallest absolute Gasteiger partial charge is 0.338 e. The molecular weight excluding hydrogens is 396 g/mol. The van der Waals surface area contributed by atoms with Crippen LogP contribution in [0.3, 0.4) is 0 Å². The van der Waals surface area contributed by atoms with Crippen molar-refractivity contribution in [3.8, 4) is 0 Å². The van der Waals surface area contributed by atoms with Gasteiger partial charge in [-0.2, -0.15) is 0 Å². The van der Waals surface area contributed by atoms with Gasteiger partial charge in [0.15, 0.2) is 6.61 Å². The van der Waals surface area contributed by atoms with Crippen molar-refractivity contribution in [1.29, 1.82) is 0 Å². The van der Waals surface area contributed by atoms with E-state index in [1.807, 2.05) is 13.8 Å². The number of rotatable bonds is 4. The maximum Gasteiger partial charge on any atom is 0.338 e. The molecule has 0 aromatic heterocycles. The summed E-state index contributed by atoms with van der Waals surface area (Å²) in [4.78, 5) is 53.0. The number of benzene rings is 2. The van der Waals surface area contributed by atoms with E-state index in [1.165, 1.54) is 24.3 Å². The van der Waals surface area contributed by atoms with Gasteiger partial charge >= 0.3 is 5.97 Å². The average Bonchev–Trinajstić information content (AvgIpc) is 3.02. The van der Waals surface area contributed by atoms with Crippen molar-refractivity contribution >= 4 is 29.4 Å². The molecule has 2 aliphatic heterocycles. The number of fused-ring (bicyclic) bond motifs is 1. The van der Waals surface area contributed by atoms with E-state index in [0.29, 0.717) is 16.8 Å². The van der Waals surface area contributed by atoms with Gasteiger partial charge in [0, 0.05) is 12.1 Å². The maximum atomic E-state index is 12.6. The van der Waals surface area contributed by atoms with Crippen molar-refractivity contribution in [3.05, 3.63) is 65.2 Å². The fraction of sp³-hybridized carbons (Fsp3) is 0.333. The number of esters is 1. The van der Waals surface area contributed by atoms with Gasteiger partial charge in [0.1, 0.15) is 0 Å². The van der Waals surface area contributed by atoms with Crippen LogP contribution < -0.4 is 4.90 Å². The van der Waals surface area contributed by atoms with Crippen molar-refractivity contribution in [2.75, 3.05) is 11.5 Å². The average molecular weight is 420 g/mol. The summed E-state index contributed by atoms with van der Waals surface area (Å²) in [5.74, 6) is -1.62. The zero-order valence-corrected chi connectivity index (χ0v) is 17.5. The van der Waals surface area contributed by atoms with Crippen LogP contribution in [0.1, 0.15) is 64.2 Å². The lowest BCUT2D eigenvalue weighted by Gasteiger charge is -2.38. The highest BCUT2D eigenvalue weighted by Crippen LogP contribution is 2.28. The Morgan fingerprint density at radius 2 is 1.45 bits per heavy atom. The minimum absolute atomic E-state index is 0.133. The Morgan fingerprint density at radius 3 is 2.00 bits per heavy atom. The molecule has 7 heteroatoms. The Kier molecular flexibility index (Phi) is 5.59. The first-order valence-corrected chi connectivity index (χ1v) is 10.4. The first-order valence-electron chi connectivity index (χ1n) is 10.4. The van der Waals surface area contributed by atoms with Crippen LogP contribution in [0.25, 0.3) is 0 Å². The molecule has 0 bridgehead atoms. The first-order chi connectivity index (χ1) is 14.9. The van der Waals surface area contributed by atoms with Crippen molar-refractivity contribution in [2.24, 2.45) is 0 Å². The van der Waals surface area contributed by atoms with Crippen LogP contribution in [0.5, 0.6) is 0 Å². The highest BCUT2D eigenvalue weighted by atomic mass is 16.5. The molecule has 1 saturated heterocycles. The number of anilines is 1. The second-order valence-corrected chi connectivity index (χ2v) is 8.04. The number of hydrogen-bond donors (Lipinski definition) is 0. The molecular formula is C24H24N2O5. The summed E-state index contributed by atoms with van der Waals surface area (Å²) in [6.45, 7) is 3.70. The normalized spacial score (nSPS) is 20.6. The highest BCUT2D eigenvalue weighted by molar-refractivity contribution is 6.34. The van der Waals surface area contributed by atoms with E-state index in [4.69, 9.17) is 4.74 Å². The van der Waals surface area contributed by atoms with Gasteiger partial charge in [-0.15, -0.1) is 0 Å². The molecule has 1 fully saturated rings. The van der Waals surface area contributed by atoms with Crippen LogP contribution in [0, 0.1) is 0 Å².